The van der Waals surface area contributed by atoms with Crippen LogP contribution in [0.5, 0.6) is 0 Å². The van der Waals surface area contributed by atoms with Crippen LogP contribution in [0, 0.1) is 0 Å². The molecule has 0 aliphatic carbocycles. The van der Waals surface area contributed by atoms with Gasteiger partial charge in [-0.15, -0.1) is 0 Å². The van der Waals surface area contributed by atoms with Crippen LogP contribution < -0.4 is 0 Å². The van der Waals surface area contributed by atoms with E-state index in [-0.39, 0.29) is 8.22 Å². The molecule has 0 amide bonds. The summed E-state index contributed by atoms with van der Waals surface area (Å²) in [5.74, 6) is 0. The van der Waals surface area contributed by atoms with Crippen LogP contribution in [0.1, 0.15) is 33.3 Å². The van der Waals surface area contributed by atoms with Crippen molar-refractivity contribution in [1.82, 2.24) is 9.34 Å². The lowest BCUT2D eigenvalue weighted by atomic mass is 10.2. The lowest BCUT2D eigenvalue weighted by Gasteiger charge is -2.37. The largest absolute Gasteiger partial charge is 0.270 e. The molecule has 102 valence electrons. The molecule has 0 aliphatic heterocycles. The van der Waals surface area contributed by atoms with E-state index in [1.807, 2.05) is 0 Å². The first-order chi connectivity index (χ1) is 8.76. The van der Waals surface area contributed by atoms with Gasteiger partial charge in [0.1, 0.15) is 0 Å². The van der Waals surface area contributed by atoms with Gasteiger partial charge < -0.3 is 0 Å². The highest BCUT2D eigenvalue weighted by atomic mass is 31.1. The number of hydrogen-bond donors (Lipinski definition) is 0. The van der Waals surface area contributed by atoms with Crippen LogP contribution in [0.15, 0.2) is 30.3 Å². The standard InChI is InChI=1S/C15H27N2P/c1-5-16(6-2)18(17(7-3)8-4)14-15-12-10-9-11-13-15/h9-13H,5-8,14H2,1-4H3. The summed E-state index contributed by atoms with van der Waals surface area (Å²) >= 11 is 0. The molecule has 0 bridgehead atoms. The minimum Gasteiger partial charge on any atom is -0.270 e. The van der Waals surface area contributed by atoms with Gasteiger partial charge in [0.2, 0.25) is 0 Å². The first-order valence-electron chi connectivity index (χ1n) is 7.07. The molecule has 3 heteroatoms. The molecule has 18 heavy (non-hydrogen) atoms. The van der Waals surface area contributed by atoms with Crippen molar-refractivity contribution in [3.05, 3.63) is 35.9 Å². The highest BCUT2D eigenvalue weighted by Crippen LogP contribution is 2.46. The van der Waals surface area contributed by atoms with Crippen LogP contribution in [0.3, 0.4) is 0 Å². The Hall–Kier alpha value is -0.430. The van der Waals surface area contributed by atoms with Crippen molar-refractivity contribution in [3.8, 4) is 0 Å². The maximum Gasteiger partial charge on any atom is 0.0440 e. The highest BCUT2D eigenvalue weighted by Gasteiger charge is 2.21. The van der Waals surface area contributed by atoms with E-state index in [1.165, 1.54) is 11.7 Å². The second-order valence-electron chi connectivity index (χ2n) is 4.29. The van der Waals surface area contributed by atoms with E-state index in [4.69, 9.17) is 0 Å². The number of nitrogens with zero attached hydrogens (tertiary/aromatic N) is 2. The summed E-state index contributed by atoms with van der Waals surface area (Å²) in [5, 5.41) is 0. The minimum atomic E-state index is -0.198. The summed E-state index contributed by atoms with van der Waals surface area (Å²) in [7, 11) is -0.198. The third kappa shape index (κ3) is 4.35. The molecule has 0 radical (unpaired) electrons. The fraction of sp³-hybridized carbons (Fsp3) is 0.600. The van der Waals surface area contributed by atoms with Gasteiger partial charge in [0.05, 0.1) is 0 Å². The molecule has 2 nitrogen and oxygen atoms in total. The van der Waals surface area contributed by atoms with Crippen molar-refractivity contribution in [3.63, 3.8) is 0 Å². The number of hydrogen-bond acceptors (Lipinski definition) is 2. The summed E-state index contributed by atoms with van der Waals surface area (Å²) in [6, 6.07) is 10.9. The lowest BCUT2D eigenvalue weighted by Crippen LogP contribution is -2.29. The molecule has 0 atom stereocenters. The molecule has 0 spiro atoms. The Balaban J connectivity index is 2.83. The van der Waals surface area contributed by atoms with Gasteiger partial charge >= 0.3 is 0 Å². The fourth-order valence-corrected chi connectivity index (χ4v) is 4.83. The Morgan fingerprint density at radius 2 is 1.22 bits per heavy atom. The van der Waals surface area contributed by atoms with Gasteiger partial charge in [0.15, 0.2) is 0 Å². The molecule has 1 aromatic rings. The Kier molecular flexibility index (Phi) is 7.50. The summed E-state index contributed by atoms with van der Waals surface area (Å²) < 4.78 is 5.24. The van der Waals surface area contributed by atoms with Crippen molar-refractivity contribution < 1.29 is 0 Å². The first-order valence-corrected chi connectivity index (χ1v) is 8.51. The van der Waals surface area contributed by atoms with Crippen molar-refractivity contribution in [2.24, 2.45) is 0 Å². The average Bonchev–Trinajstić information content (AvgIpc) is 2.42. The summed E-state index contributed by atoms with van der Waals surface area (Å²) in [6.07, 6.45) is 1.18. The molecule has 0 N–H and O–H groups in total. The quantitative estimate of drug-likeness (QED) is 0.651. The molecule has 0 aromatic heterocycles. The SMILES string of the molecule is CCN(CC)P(Cc1ccccc1)N(CC)CC. The number of benzene rings is 1. The van der Waals surface area contributed by atoms with Crippen LogP contribution in [0.4, 0.5) is 0 Å². The zero-order valence-electron chi connectivity index (χ0n) is 12.3. The second-order valence-corrected chi connectivity index (χ2v) is 6.49. The average molecular weight is 266 g/mol. The Morgan fingerprint density at radius 3 is 1.61 bits per heavy atom. The zero-order chi connectivity index (χ0) is 13.4. The van der Waals surface area contributed by atoms with E-state index in [0.29, 0.717) is 0 Å². The van der Waals surface area contributed by atoms with E-state index in [2.05, 4.69) is 67.4 Å². The Labute approximate surface area is 114 Å². The van der Waals surface area contributed by atoms with Gasteiger partial charge in [-0.1, -0.05) is 58.0 Å². The van der Waals surface area contributed by atoms with Gasteiger partial charge in [-0.3, -0.25) is 9.34 Å². The maximum atomic E-state index is 2.62. The summed E-state index contributed by atoms with van der Waals surface area (Å²) in [4.78, 5) is 0. The summed E-state index contributed by atoms with van der Waals surface area (Å²) in [6.45, 7) is 13.7. The second kappa shape index (κ2) is 8.63. The molecule has 0 heterocycles. The monoisotopic (exact) mass is 266 g/mol. The van der Waals surface area contributed by atoms with Gasteiger partial charge in [-0.25, -0.2) is 0 Å². The number of rotatable bonds is 8. The molecular weight excluding hydrogens is 239 g/mol. The molecule has 1 aromatic carbocycles. The van der Waals surface area contributed by atoms with Crippen molar-refractivity contribution in [1.29, 1.82) is 0 Å². The van der Waals surface area contributed by atoms with Gasteiger partial charge in [-0.05, 0) is 5.56 Å². The summed E-state index contributed by atoms with van der Waals surface area (Å²) in [5.41, 5.74) is 1.46. The van der Waals surface area contributed by atoms with Gasteiger partial charge in [0.25, 0.3) is 0 Å². The van der Waals surface area contributed by atoms with Crippen LogP contribution in [0.2, 0.25) is 0 Å². The van der Waals surface area contributed by atoms with Crippen molar-refractivity contribution >= 4 is 8.22 Å². The molecule has 0 saturated heterocycles. The van der Waals surface area contributed by atoms with E-state index >= 15 is 0 Å². The van der Waals surface area contributed by atoms with Crippen LogP contribution >= 0.6 is 8.22 Å². The van der Waals surface area contributed by atoms with Crippen molar-refractivity contribution in [2.45, 2.75) is 33.9 Å². The van der Waals surface area contributed by atoms with Crippen LogP contribution in [-0.4, -0.2) is 35.5 Å². The van der Waals surface area contributed by atoms with E-state index in [9.17, 15) is 0 Å². The van der Waals surface area contributed by atoms with Crippen LogP contribution in [-0.2, 0) is 6.16 Å². The fourth-order valence-electron chi connectivity index (χ4n) is 2.23. The normalized spacial score (nSPS) is 11.7. The third-order valence-corrected chi connectivity index (χ3v) is 6.37. The van der Waals surface area contributed by atoms with E-state index < -0.39 is 0 Å². The van der Waals surface area contributed by atoms with E-state index in [0.717, 1.165) is 26.2 Å². The third-order valence-electron chi connectivity index (χ3n) is 3.28. The molecule has 0 saturated carbocycles. The van der Waals surface area contributed by atoms with Gasteiger partial charge in [-0.2, -0.15) is 0 Å². The Bertz CT molecular complexity index is 296. The lowest BCUT2D eigenvalue weighted by molar-refractivity contribution is 0.422. The highest BCUT2D eigenvalue weighted by molar-refractivity contribution is 7.51. The predicted molar refractivity (Wildman–Crippen MR) is 82.9 cm³/mol. The molecule has 0 unspecified atom stereocenters. The first kappa shape index (κ1) is 15.6. The van der Waals surface area contributed by atoms with Crippen LogP contribution in [0.25, 0.3) is 0 Å². The maximum absolute atomic E-state index is 2.62. The van der Waals surface area contributed by atoms with Crippen molar-refractivity contribution in [2.75, 3.05) is 26.2 Å². The molecule has 1 rings (SSSR count). The smallest absolute Gasteiger partial charge is 0.0440 e. The zero-order valence-corrected chi connectivity index (χ0v) is 13.2. The molecular formula is C15H27N2P. The Morgan fingerprint density at radius 1 is 0.778 bits per heavy atom. The van der Waals surface area contributed by atoms with Gasteiger partial charge in [0, 0.05) is 40.6 Å². The van der Waals surface area contributed by atoms with E-state index in [1.54, 1.807) is 0 Å². The topological polar surface area (TPSA) is 6.48 Å². The minimum absolute atomic E-state index is 0.198. The molecule has 0 aliphatic rings. The predicted octanol–water partition coefficient (Wildman–Crippen LogP) is 4.18. The molecule has 0 fully saturated rings.